The van der Waals surface area contributed by atoms with E-state index in [4.69, 9.17) is 0 Å². The first-order chi connectivity index (χ1) is 8.79. The summed E-state index contributed by atoms with van der Waals surface area (Å²) in [5.74, 6) is -6.26. The van der Waals surface area contributed by atoms with Gasteiger partial charge in [-0.15, -0.1) is 0 Å². The fourth-order valence-electron chi connectivity index (χ4n) is 0.825. The SMILES string of the molecule is C/C=C/COC(=O)CCC(=O)OCC(F)(F)C(F)F. The molecule has 8 heteroatoms. The topological polar surface area (TPSA) is 52.6 Å². The second-order valence-electron chi connectivity index (χ2n) is 3.47. The van der Waals surface area contributed by atoms with Gasteiger partial charge in [0, 0.05) is 0 Å². The zero-order valence-electron chi connectivity index (χ0n) is 10.2. The van der Waals surface area contributed by atoms with E-state index < -0.39 is 37.3 Å². The van der Waals surface area contributed by atoms with E-state index in [0.717, 1.165) is 0 Å². The highest BCUT2D eigenvalue weighted by molar-refractivity contribution is 5.77. The highest BCUT2D eigenvalue weighted by atomic mass is 19.3. The Morgan fingerprint density at radius 1 is 1.16 bits per heavy atom. The first-order valence-electron chi connectivity index (χ1n) is 5.38. The number of allylic oxidation sites excluding steroid dienone is 1. The summed E-state index contributed by atoms with van der Waals surface area (Å²) in [6, 6.07) is 0. The lowest BCUT2D eigenvalue weighted by Gasteiger charge is -2.14. The van der Waals surface area contributed by atoms with Gasteiger partial charge in [0.15, 0.2) is 6.61 Å². The van der Waals surface area contributed by atoms with E-state index in [2.05, 4.69) is 9.47 Å². The second kappa shape index (κ2) is 8.49. The zero-order valence-corrected chi connectivity index (χ0v) is 10.2. The Morgan fingerprint density at radius 3 is 2.16 bits per heavy atom. The van der Waals surface area contributed by atoms with Crippen molar-refractivity contribution in [2.24, 2.45) is 0 Å². The number of ether oxygens (including phenoxy) is 2. The Kier molecular flexibility index (Phi) is 7.78. The summed E-state index contributed by atoms with van der Waals surface area (Å²) in [5.41, 5.74) is 0. The Balaban J connectivity index is 3.85. The number of rotatable bonds is 8. The molecule has 0 rings (SSSR count). The highest BCUT2D eigenvalue weighted by Gasteiger charge is 2.42. The van der Waals surface area contributed by atoms with Gasteiger partial charge in [-0.2, -0.15) is 8.78 Å². The van der Waals surface area contributed by atoms with Gasteiger partial charge in [-0.1, -0.05) is 12.2 Å². The van der Waals surface area contributed by atoms with Gasteiger partial charge < -0.3 is 9.47 Å². The quantitative estimate of drug-likeness (QED) is 0.390. The average molecular weight is 286 g/mol. The lowest BCUT2D eigenvalue weighted by atomic mass is 10.3. The van der Waals surface area contributed by atoms with Crippen LogP contribution in [0, 0.1) is 0 Å². The fraction of sp³-hybridized carbons (Fsp3) is 0.636. The lowest BCUT2D eigenvalue weighted by Crippen LogP contribution is -2.33. The molecule has 0 N–H and O–H groups in total. The number of hydrogen-bond donors (Lipinski definition) is 0. The third-order valence-corrected chi connectivity index (χ3v) is 1.85. The Bertz CT molecular complexity index is 329. The third-order valence-electron chi connectivity index (χ3n) is 1.85. The molecule has 0 fully saturated rings. The van der Waals surface area contributed by atoms with E-state index >= 15 is 0 Å². The molecule has 110 valence electrons. The van der Waals surface area contributed by atoms with Crippen molar-refractivity contribution in [2.45, 2.75) is 32.1 Å². The summed E-state index contributed by atoms with van der Waals surface area (Å²) >= 11 is 0. The Hall–Kier alpha value is -1.60. The van der Waals surface area contributed by atoms with E-state index in [9.17, 15) is 27.2 Å². The van der Waals surface area contributed by atoms with Crippen LogP contribution < -0.4 is 0 Å². The average Bonchev–Trinajstić information content (AvgIpc) is 2.34. The molecule has 0 saturated heterocycles. The molecule has 0 aromatic rings. The molecule has 0 aromatic heterocycles. The fourth-order valence-corrected chi connectivity index (χ4v) is 0.825. The van der Waals surface area contributed by atoms with Crippen LogP contribution in [0.15, 0.2) is 12.2 Å². The summed E-state index contributed by atoms with van der Waals surface area (Å²) in [6.07, 6.45) is -1.58. The maximum atomic E-state index is 12.4. The molecule has 0 aliphatic rings. The molecule has 0 spiro atoms. The minimum Gasteiger partial charge on any atom is -0.461 e. The summed E-state index contributed by atoms with van der Waals surface area (Å²) in [4.78, 5) is 21.9. The molecule has 0 radical (unpaired) electrons. The Labute approximate surface area is 107 Å². The van der Waals surface area contributed by atoms with Crippen molar-refractivity contribution in [3.8, 4) is 0 Å². The second-order valence-corrected chi connectivity index (χ2v) is 3.47. The molecular formula is C11H14F4O4. The van der Waals surface area contributed by atoms with Crippen molar-refractivity contribution >= 4 is 11.9 Å². The van der Waals surface area contributed by atoms with E-state index in [1.807, 2.05) is 0 Å². The van der Waals surface area contributed by atoms with Crippen molar-refractivity contribution in [3.63, 3.8) is 0 Å². The van der Waals surface area contributed by atoms with Crippen molar-refractivity contribution in [2.75, 3.05) is 13.2 Å². The number of hydrogen-bond acceptors (Lipinski definition) is 4. The molecule has 0 aliphatic carbocycles. The van der Waals surface area contributed by atoms with Crippen LogP contribution in [0.2, 0.25) is 0 Å². The van der Waals surface area contributed by atoms with Gasteiger partial charge in [0.2, 0.25) is 0 Å². The summed E-state index contributed by atoms with van der Waals surface area (Å²) in [5, 5.41) is 0. The molecule has 0 aliphatic heterocycles. The van der Waals surface area contributed by atoms with Gasteiger partial charge in [-0.05, 0) is 6.92 Å². The van der Waals surface area contributed by atoms with Crippen molar-refractivity contribution < 1.29 is 36.6 Å². The molecule has 0 atom stereocenters. The molecule has 0 heterocycles. The van der Waals surface area contributed by atoms with Crippen molar-refractivity contribution in [1.29, 1.82) is 0 Å². The standard InChI is InChI=1S/C11H14F4O4/c1-2-3-6-18-8(16)4-5-9(17)19-7-11(14,15)10(12)13/h2-3,10H,4-7H2,1H3/b3-2+. The predicted octanol–water partition coefficient (Wildman–Crippen LogP) is 2.33. The van der Waals surface area contributed by atoms with Gasteiger partial charge in [0.25, 0.3) is 0 Å². The number of carbonyl (C=O) groups is 2. The number of esters is 2. The minimum atomic E-state index is -4.39. The Morgan fingerprint density at radius 2 is 1.68 bits per heavy atom. The van der Waals surface area contributed by atoms with Crippen LogP contribution in [0.4, 0.5) is 17.6 Å². The van der Waals surface area contributed by atoms with Crippen LogP contribution >= 0.6 is 0 Å². The highest BCUT2D eigenvalue weighted by Crippen LogP contribution is 2.23. The molecule has 0 amide bonds. The molecule has 0 aromatic carbocycles. The van der Waals surface area contributed by atoms with E-state index in [1.165, 1.54) is 0 Å². The van der Waals surface area contributed by atoms with Crippen LogP contribution in [0.5, 0.6) is 0 Å². The van der Waals surface area contributed by atoms with Gasteiger partial charge in [-0.3, -0.25) is 9.59 Å². The van der Waals surface area contributed by atoms with E-state index in [0.29, 0.717) is 0 Å². The van der Waals surface area contributed by atoms with Crippen LogP contribution in [-0.2, 0) is 19.1 Å². The monoisotopic (exact) mass is 286 g/mol. The smallest absolute Gasteiger partial charge is 0.340 e. The van der Waals surface area contributed by atoms with Gasteiger partial charge in [0.1, 0.15) is 6.61 Å². The summed E-state index contributed by atoms with van der Waals surface area (Å²) in [7, 11) is 0. The first kappa shape index (κ1) is 17.4. The molecule has 0 unspecified atom stereocenters. The van der Waals surface area contributed by atoms with Crippen molar-refractivity contribution in [3.05, 3.63) is 12.2 Å². The first-order valence-corrected chi connectivity index (χ1v) is 5.38. The van der Waals surface area contributed by atoms with Crippen LogP contribution in [0.25, 0.3) is 0 Å². The van der Waals surface area contributed by atoms with E-state index in [1.54, 1.807) is 19.1 Å². The summed E-state index contributed by atoms with van der Waals surface area (Å²) in [6.45, 7) is 0.0410. The molecule has 0 saturated carbocycles. The minimum absolute atomic E-state index is 0.0356. The largest absolute Gasteiger partial charge is 0.461 e. The van der Waals surface area contributed by atoms with Crippen molar-refractivity contribution in [1.82, 2.24) is 0 Å². The van der Waals surface area contributed by atoms with Crippen LogP contribution in [0.1, 0.15) is 19.8 Å². The number of carbonyl (C=O) groups excluding carboxylic acids is 2. The maximum Gasteiger partial charge on any atom is 0.340 e. The number of halogens is 4. The molecule has 4 nitrogen and oxygen atoms in total. The van der Waals surface area contributed by atoms with Gasteiger partial charge >= 0.3 is 24.3 Å². The predicted molar refractivity (Wildman–Crippen MR) is 56.9 cm³/mol. The zero-order chi connectivity index (χ0) is 14.9. The van der Waals surface area contributed by atoms with E-state index in [-0.39, 0.29) is 13.0 Å². The van der Waals surface area contributed by atoms with Crippen LogP contribution in [-0.4, -0.2) is 37.5 Å². The van der Waals surface area contributed by atoms with Crippen LogP contribution in [0.3, 0.4) is 0 Å². The van der Waals surface area contributed by atoms with Gasteiger partial charge in [-0.25, -0.2) is 8.78 Å². The summed E-state index contributed by atoms with van der Waals surface area (Å²) < 4.78 is 56.8. The molecular weight excluding hydrogens is 272 g/mol. The molecule has 0 bridgehead atoms. The molecule has 19 heavy (non-hydrogen) atoms. The third kappa shape index (κ3) is 8.17. The normalized spacial score (nSPS) is 11.9. The maximum absolute atomic E-state index is 12.4. The number of alkyl halides is 4. The lowest BCUT2D eigenvalue weighted by molar-refractivity contribution is -0.180. The van der Waals surface area contributed by atoms with Gasteiger partial charge in [0.05, 0.1) is 12.8 Å².